The lowest BCUT2D eigenvalue weighted by atomic mass is 9.97. The largest absolute Gasteiger partial charge is 0.492 e. The van der Waals surface area contributed by atoms with E-state index in [0.717, 1.165) is 22.2 Å². The molecule has 42 heavy (non-hydrogen) atoms. The number of hydrogen-bond acceptors (Lipinski definition) is 8. The number of nitrogens with zero attached hydrogens (tertiary/aromatic N) is 2. The van der Waals surface area contributed by atoms with Crippen molar-refractivity contribution in [3.8, 4) is 5.75 Å². The second-order valence-electron chi connectivity index (χ2n) is 9.99. The Morgan fingerprint density at radius 3 is 2.33 bits per heavy atom. The first-order valence-electron chi connectivity index (χ1n) is 13.7. The Bertz CT molecular complexity index is 1650. The second kappa shape index (κ2) is 13.0. The third kappa shape index (κ3) is 6.61. The lowest BCUT2D eigenvalue weighted by molar-refractivity contribution is -0.141. The van der Waals surface area contributed by atoms with Crippen molar-refractivity contribution in [1.29, 1.82) is 0 Å². The van der Waals surface area contributed by atoms with Crippen LogP contribution in [-0.4, -0.2) is 50.1 Å². The monoisotopic (exact) mass is 563 g/mol. The highest BCUT2D eigenvalue weighted by Gasteiger charge is 2.23. The fourth-order valence-corrected chi connectivity index (χ4v) is 4.68. The van der Waals surface area contributed by atoms with E-state index in [-0.39, 0.29) is 5.78 Å². The van der Waals surface area contributed by atoms with Crippen LogP contribution < -0.4 is 15.0 Å². The summed E-state index contributed by atoms with van der Waals surface area (Å²) < 4.78 is 16.8. The molecular weight excluding hydrogens is 530 g/mol. The zero-order chi connectivity index (χ0) is 29.5. The minimum atomic E-state index is -0.697. The van der Waals surface area contributed by atoms with E-state index in [0.29, 0.717) is 48.2 Å². The highest BCUT2D eigenvalue weighted by Crippen LogP contribution is 2.24. The van der Waals surface area contributed by atoms with Crippen molar-refractivity contribution in [2.24, 2.45) is 0 Å². The summed E-state index contributed by atoms with van der Waals surface area (Å²) in [6.45, 7) is 2.93. The van der Waals surface area contributed by atoms with E-state index in [1.807, 2.05) is 104 Å². The average molecular weight is 564 g/mol. The van der Waals surface area contributed by atoms with E-state index < -0.39 is 12.0 Å². The van der Waals surface area contributed by atoms with E-state index in [9.17, 15) is 9.59 Å². The van der Waals surface area contributed by atoms with Crippen LogP contribution >= 0.6 is 0 Å². The Labute approximate surface area is 244 Å². The normalized spacial score (nSPS) is 11.6. The Hall–Kier alpha value is -5.11. The summed E-state index contributed by atoms with van der Waals surface area (Å²) in [7, 11) is 3.26. The van der Waals surface area contributed by atoms with Gasteiger partial charge in [-0.1, -0.05) is 60.7 Å². The van der Waals surface area contributed by atoms with Crippen LogP contribution in [0.2, 0.25) is 0 Å². The van der Waals surface area contributed by atoms with Crippen LogP contribution in [0, 0.1) is 6.92 Å². The minimum Gasteiger partial charge on any atom is -0.492 e. The quantitative estimate of drug-likeness (QED) is 0.144. The van der Waals surface area contributed by atoms with Crippen molar-refractivity contribution in [2.45, 2.75) is 19.4 Å². The number of fused-ring (bicyclic) bond motifs is 1. The summed E-state index contributed by atoms with van der Waals surface area (Å²) in [6, 6.07) is 29.8. The van der Waals surface area contributed by atoms with Crippen LogP contribution in [0.4, 0.5) is 11.7 Å². The molecule has 0 amide bonds. The molecule has 1 unspecified atom stereocenters. The van der Waals surface area contributed by atoms with Gasteiger partial charge in [-0.05, 0) is 54.4 Å². The van der Waals surface area contributed by atoms with Gasteiger partial charge >= 0.3 is 5.97 Å². The van der Waals surface area contributed by atoms with E-state index in [1.54, 1.807) is 12.1 Å². The van der Waals surface area contributed by atoms with Crippen molar-refractivity contribution >= 4 is 34.6 Å². The van der Waals surface area contributed by atoms with Gasteiger partial charge in [0.2, 0.25) is 0 Å². The van der Waals surface area contributed by atoms with Crippen molar-refractivity contribution in [3.05, 3.63) is 119 Å². The van der Waals surface area contributed by atoms with E-state index in [2.05, 4.69) is 10.3 Å². The number of anilines is 2. The molecule has 0 bridgehead atoms. The molecule has 0 fully saturated rings. The van der Waals surface area contributed by atoms with Gasteiger partial charge in [-0.25, -0.2) is 4.79 Å². The molecule has 0 aliphatic heterocycles. The maximum Gasteiger partial charge on any atom is 0.328 e. The van der Waals surface area contributed by atoms with Gasteiger partial charge in [0, 0.05) is 30.3 Å². The third-order valence-electron chi connectivity index (χ3n) is 7.04. The van der Waals surface area contributed by atoms with Crippen LogP contribution in [0.15, 0.2) is 101 Å². The topological polar surface area (TPSA) is 93.9 Å². The van der Waals surface area contributed by atoms with Crippen molar-refractivity contribution in [2.75, 3.05) is 37.5 Å². The predicted octanol–water partition coefficient (Wildman–Crippen LogP) is 6.08. The van der Waals surface area contributed by atoms with Crippen molar-refractivity contribution < 1.29 is 23.5 Å². The molecule has 5 aromatic rings. The number of benzene rings is 4. The Balaban J connectivity index is 1.21. The lowest BCUT2D eigenvalue weighted by Crippen LogP contribution is -2.33. The molecule has 0 spiro atoms. The number of hydrogen-bond donors (Lipinski definition) is 1. The summed E-state index contributed by atoms with van der Waals surface area (Å²) in [6.07, 6.45) is 0.361. The number of aryl methyl sites for hydroxylation is 1. The number of ketones is 1. The molecule has 8 heteroatoms. The zero-order valence-corrected chi connectivity index (χ0v) is 23.9. The summed E-state index contributed by atoms with van der Waals surface area (Å²) in [4.78, 5) is 32.5. The number of aromatic nitrogens is 1. The smallest absolute Gasteiger partial charge is 0.328 e. The summed E-state index contributed by atoms with van der Waals surface area (Å²) in [5, 5.41) is 3.26. The molecule has 0 radical (unpaired) electrons. The number of methoxy groups -OCH3 is 1. The molecule has 0 saturated heterocycles. The number of para-hydroxylation sites is 3. The Morgan fingerprint density at radius 1 is 0.905 bits per heavy atom. The zero-order valence-electron chi connectivity index (χ0n) is 23.9. The maximum absolute atomic E-state index is 13.4. The highest BCUT2D eigenvalue weighted by molar-refractivity contribution is 6.13. The van der Waals surface area contributed by atoms with Crippen LogP contribution in [0.3, 0.4) is 0 Å². The first-order chi connectivity index (χ1) is 20.4. The van der Waals surface area contributed by atoms with Gasteiger partial charge in [0.15, 0.2) is 11.4 Å². The van der Waals surface area contributed by atoms with Crippen LogP contribution in [0.1, 0.15) is 27.0 Å². The molecule has 1 heterocycles. The molecule has 0 aliphatic rings. The molecule has 1 N–H and O–H groups in total. The van der Waals surface area contributed by atoms with Gasteiger partial charge in [-0.3, -0.25) is 4.79 Å². The Morgan fingerprint density at radius 2 is 1.60 bits per heavy atom. The van der Waals surface area contributed by atoms with Gasteiger partial charge in [0.05, 0.1) is 13.7 Å². The first-order valence-corrected chi connectivity index (χ1v) is 13.7. The highest BCUT2D eigenvalue weighted by atomic mass is 16.5. The first kappa shape index (κ1) is 28.4. The fraction of sp³-hybridized carbons (Fsp3) is 0.206. The number of ether oxygens (including phenoxy) is 2. The molecule has 1 atom stereocenters. The summed E-state index contributed by atoms with van der Waals surface area (Å²) in [5.41, 5.74) is 5.06. The van der Waals surface area contributed by atoms with Crippen molar-refractivity contribution in [1.82, 2.24) is 4.98 Å². The lowest BCUT2D eigenvalue weighted by Gasteiger charge is -2.20. The van der Waals surface area contributed by atoms with Crippen molar-refractivity contribution in [3.63, 3.8) is 0 Å². The third-order valence-corrected chi connectivity index (χ3v) is 7.04. The van der Waals surface area contributed by atoms with Gasteiger partial charge in [0.1, 0.15) is 23.9 Å². The van der Waals surface area contributed by atoms with Gasteiger partial charge in [-0.15, -0.1) is 0 Å². The minimum absolute atomic E-state index is 0.108. The number of carbonyl (C=O) groups excluding carboxylic acids is 2. The number of carbonyl (C=O) groups is 2. The molecule has 0 aliphatic carbocycles. The van der Waals surface area contributed by atoms with Gasteiger partial charge in [0.25, 0.3) is 6.01 Å². The molecule has 214 valence electrons. The number of oxazole rings is 1. The predicted molar refractivity (Wildman–Crippen MR) is 163 cm³/mol. The number of rotatable bonds is 12. The molecule has 5 rings (SSSR count). The number of nitrogens with one attached hydrogen (secondary N) is 1. The molecule has 0 saturated carbocycles. The standard InChI is InChI=1S/C34H33N3O5/c1-23-10-4-5-11-26(23)32(38)27-12-6-7-13-28(27)35-30(33(39)40-3)22-24-16-18-25(19-17-24)41-21-20-37(2)34-36-29-14-8-9-15-31(29)42-34/h4-19,30,35H,20-22H2,1-3H3. The van der Waals surface area contributed by atoms with Crippen LogP contribution in [0.25, 0.3) is 11.1 Å². The summed E-state index contributed by atoms with van der Waals surface area (Å²) >= 11 is 0. The summed E-state index contributed by atoms with van der Waals surface area (Å²) in [5.74, 6) is 0.181. The number of likely N-dealkylation sites (N-methyl/N-ethyl adjacent to an activating group) is 1. The average Bonchev–Trinajstić information content (AvgIpc) is 3.46. The maximum atomic E-state index is 13.4. The van der Waals surface area contributed by atoms with E-state index in [4.69, 9.17) is 13.9 Å². The SMILES string of the molecule is COC(=O)C(Cc1ccc(OCCN(C)c2nc3ccccc3o2)cc1)Nc1ccccc1C(=O)c1ccccc1C. The fourth-order valence-electron chi connectivity index (χ4n) is 4.68. The van der Waals surface area contributed by atoms with Gasteiger partial charge in [-0.2, -0.15) is 4.98 Å². The second-order valence-corrected chi connectivity index (χ2v) is 9.99. The molecule has 1 aromatic heterocycles. The van der Waals surface area contributed by atoms with Crippen LogP contribution in [-0.2, 0) is 16.0 Å². The Kier molecular flexibility index (Phi) is 8.82. The number of esters is 1. The molecular formula is C34H33N3O5. The molecule has 4 aromatic carbocycles. The molecule has 8 nitrogen and oxygen atoms in total. The van der Waals surface area contributed by atoms with E-state index in [1.165, 1.54) is 7.11 Å². The van der Waals surface area contributed by atoms with Crippen LogP contribution in [0.5, 0.6) is 5.75 Å². The van der Waals surface area contributed by atoms with E-state index >= 15 is 0 Å². The van der Waals surface area contributed by atoms with Gasteiger partial charge < -0.3 is 24.1 Å².